The van der Waals surface area contributed by atoms with Gasteiger partial charge in [-0.15, -0.1) is 0 Å². The maximum absolute atomic E-state index is 10.8. The number of nitrogens with one attached hydrogen (secondary N) is 1. The van der Waals surface area contributed by atoms with Gasteiger partial charge in [0.1, 0.15) is 11.3 Å². The Balaban J connectivity index is 1.39. The van der Waals surface area contributed by atoms with Crippen LogP contribution >= 0.6 is 0 Å². The van der Waals surface area contributed by atoms with Gasteiger partial charge in [0.2, 0.25) is 0 Å². The first-order valence-electron chi connectivity index (χ1n) is 10.6. The molecule has 2 N–H and O–H groups in total. The first-order chi connectivity index (χ1) is 14.5. The van der Waals surface area contributed by atoms with E-state index in [1.165, 1.54) is 25.0 Å². The number of piperidine rings is 1. The number of fused-ring (bicyclic) bond motifs is 2. The Kier molecular flexibility index (Phi) is 3.72. The molecule has 1 aliphatic carbocycles. The summed E-state index contributed by atoms with van der Waals surface area (Å²) in [6, 6.07) is 9.92. The summed E-state index contributed by atoms with van der Waals surface area (Å²) in [5, 5.41) is 14.4. The highest BCUT2D eigenvalue weighted by Gasteiger charge is 2.46. The number of phenolic OH excluding ortho intramolecular Hbond substituents is 1. The van der Waals surface area contributed by atoms with Crippen LogP contribution in [-0.2, 0) is 0 Å². The minimum atomic E-state index is 0.191. The van der Waals surface area contributed by atoms with Crippen LogP contribution in [-0.4, -0.2) is 32.1 Å². The minimum Gasteiger partial charge on any atom is -0.507 e. The van der Waals surface area contributed by atoms with Crippen molar-refractivity contribution in [3.8, 4) is 17.0 Å². The third-order valence-electron chi connectivity index (χ3n) is 6.74. The Labute approximate surface area is 174 Å². The molecule has 6 rings (SSSR count). The van der Waals surface area contributed by atoms with Gasteiger partial charge in [0.05, 0.1) is 16.7 Å². The molecular weight excluding hydrogens is 376 g/mol. The zero-order valence-corrected chi connectivity index (χ0v) is 17.2. The van der Waals surface area contributed by atoms with E-state index in [0.717, 1.165) is 24.0 Å². The molecule has 6 heteroatoms. The van der Waals surface area contributed by atoms with E-state index in [0.29, 0.717) is 45.3 Å². The van der Waals surface area contributed by atoms with Gasteiger partial charge < -0.3 is 14.8 Å². The highest BCUT2D eigenvalue weighted by Crippen LogP contribution is 2.46. The van der Waals surface area contributed by atoms with Crippen LogP contribution in [0.15, 0.2) is 34.7 Å². The molecule has 1 aromatic carbocycles. The quantitative estimate of drug-likeness (QED) is 0.505. The second kappa shape index (κ2) is 6.25. The Morgan fingerprint density at radius 2 is 1.87 bits per heavy atom. The normalized spacial score (nSPS) is 20.3. The number of aromatic hydroxyl groups is 1. The average Bonchev–Trinajstić information content (AvgIpc) is 3.38. The number of benzene rings is 1. The molecule has 0 radical (unpaired) electrons. The molecule has 1 atom stereocenters. The molecule has 1 spiro atoms. The fraction of sp³-hybridized carbons (Fsp3) is 0.375. The van der Waals surface area contributed by atoms with E-state index in [1.54, 1.807) is 6.92 Å². The fourth-order valence-corrected chi connectivity index (χ4v) is 4.86. The number of hydrogen-bond acceptors (Lipinski definition) is 6. The summed E-state index contributed by atoms with van der Waals surface area (Å²) < 4.78 is 5.69. The molecule has 4 aromatic rings. The lowest BCUT2D eigenvalue weighted by Crippen LogP contribution is -2.39. The van der Waals surface area contributed by atoms with Crippen molar-refractivity contribution < 1.29 is 9.52 Å². The van der Waals surface area contributed by atoms with Crippen LogP contribution < -0.4 is 5.32 Å². The maximum Gasteiger partial charge on any atom is 0.192 e. The molecule has 1 unspecified atom stereocenters. The molecule has 1 saturated carbocycles. The summed E-state index contributed by atoms with van der Waals surface area (Å²) in [5.74, 6) is 1.29. The van der Waals surface area contributed by atoms with E-state index < -0.39 is 0 Å². The van der Waals surface area contributed by atoms with E-state index in [-0.39, 0.29) is 5.75 Å². The number of aryl methyl sites for hydroxylation is 2. The molecule has 0 amide bonds. The van der Waals surface area contributed by atoms with Gasteiger partial charge in [-0.3, -0.25) is 4.98 Å². The number of nitrogens with zero attached hydrogens (tertiary/aromatic N) is 3. The molecule has 2 fully saturated rings. The maximum atomic E-state index is 10.8. The fourth-order valence-electron chi connectivity index (χ4n) is 4.86. The van der Waals surface area contributed by atoms with Crippen LogP contribution in [0.2, 0.25) is 0 Å². The molecule has 152 valence electrons. The third kappa shape index (κ3) is 2.78. The van der Waals surface area contributed by atoms with Crippen molar-refractivity contribution in [2.45, 2.75) is 51.0 Å². The highest BCUT2D eigenvalue weighted by atomic mass is 16.3. The Morgan fingerprint density at radius 1 is 1.07 bits per heavy atom. The van der Waals surface area contributed by atoms with Gasteiger partial charge >= 0.3 is 0 Å². The first kappa shape index (κ1) is 17.8. The Hall–Kier alpha value is -2.99. The predicted molar refractivity (Wildman–Crippen MR) is 116 cm³/mol. The SMILES string of the molecule is Cc1nc2c(C)c(O)c(-c3ccc4nc(C5CCNC6(CC6)C5)ccc4n3)cc2o1. The number of hydrogen-bond donors (Lipinski definition) is 2. The summed E-state index contributed by atoms with van der Waals surface area (Å²) in [6.45, 7) is 4.73. The van der Waals surface area contributed by atoms with Crippen molar-refractivity contribution in [1.82, 2.24) is 20.3 Å². The third-order valence-corrected chi connectivity index (χ3v) is 6.74. The average molecular weight is 400 g/mol. The zero-order valence-electron chi connectivity index (χ0n) is 17.2. The lowest BCUT2D eigenvalue weighted by Gasteiger charge is -2.30. The van der Waals surface area contributed by atoms with Crippen LogP contribution in [0.1, 0.15) is 48.7 Å². The van der Waals surface area contributed by atoms with Gasteiger partial charge in [0.25, 0.3) is 0 Å². The van der Waals surface area contributed by atoms with Crippen LogP contribution in [0.4, 0.5) is 0 Å². The largest absolute Gasteiger partial charge is 0.507 e. The zero-order chi connectivity index (χ0) is 20.5. The van der Waals surface area contributed by atoms with Crippen LogP contribution in [0, 0.1) is 13.8 Å². The number of oxazole rings is 1. The van der Waals surface area contributed by atoms with E-state index in [2.05, 4.69) is 22.4 Å². The molecule has 2 aliphatic rings. The highest BCUT2D eigenvalue weighted by molar-refractivity contribution is 5.89. The number of aromatic nitrogens is 3. The number of phenols is 1. The van der Waals surface area contributed by atoms with Gasteiger partial charge in [0.15, 0.2) is 11.5 Å². The summed E-state index contributed by atoms with van der Waals surface area (Å²) >= 11 is 0. The monoisotopic (exact) mass is 400 g/mol. The second-order valence-corrected chi connectivity index (χ2v) is 8.85. The van der Waals surface area contributed by atoms with Crippen molar-refractivity contribution >= 4 is 22.1 Å². The molecule has 3 aromatic heterocycles. The van der Waals surface area contributed by atoms with Gasteiger partial charge in [-0.05, 0) is 69.5 Å². The second-order valence-electron chi connectivity index (χ2n) is 8.85. The standard InChI is InChI=1S/C24H24N4O2/c1-13-22-21(30-14(2)26-22)11-16(23(13)29)18-4-6-19-20(28-18)5-3-17(27-19)15-7-10-25-24(12-15)8-9-24/h3-6,11,15,25,29H,7-10,12H2,1-2H3. The molecule has 30 heavy (non-hydrogen) atoms. The first-order valence-corrected chi connectivity index (χ1v) is 10.6. The Morgan fingerprint density at radius 3 is 2.70 bits per heavy atom. The van der Waals surface area contributed by atoms with Crippen LogP contribution in [0.5, 0.6) is 5.75 Å². The number of rotatable bonds is 2. The van der Waals surface area contributed by atoms with E-state index in [1.807, 2.05) is 25.1 Å². The molecular formula is C24H24N4O2. The van der Waals surface area contributed by atoms with Crippen molar-refractivity contribution in [2.75, 3.05) is 6.54 Å². The summed E-state index contributed by atoms with van der Waals surface area (Å²) in [6.07, 6.45) is 4.90. The topological polar surface area (TPSA) is 84.1 Å². The lowest BCUT2D eigenvalue weighted by atomic mass is 9.88. The van der Waals surface area contributed by atoms with Crippen LogP contribution in [0.3, 0.4) is 0 Å². The van der Waals surface area contributed by atoms with Crippen molar-refractivity contribution in [3.05, 3.63) is 47.5 Å². The predicted octanol–water partition coefficient (Wildman–Crippen LogP) is 4.76. The van der Waals surface area contributed by atoms with Gasteiger partial charge in [-0.1, -0.05) is 0 Å². The lowest BCUT2D eigenvalue weighted by molar-refractivity contribution is 0.342. The van der Waals surface area contributed by atoms with Gasteiger partial charge in [-0.25, -0.2) is 9.97 Å². The molecule has 1 aliphatic heterocycles. The van der Waals surface area contributed by atoms with E-state index >= 15 is 0 Å². The molecule has 6 nitrogen and oxygen atoms in total. The molecule has 0 bridgehead atoms. The van der Waals surface area contributed by atoms with Crippen molar-refractivity contribution in [1.29, 1.82) is 0 Å². The van der Waals surface area contributed by atoms with Crippen molar-refractivity contribution in [3.63, 3.8) is 0 Å². The molecule has 4 heterocycles. The van der Waals surface area contributed by atoms with E-state index in [4.69, 9.17) is 14.4 Å². The summed E-state index contributed by atoms with van der Waals surface area (Å²) in [4.78, 5) is 14.1. The summed E-state index contributed by atoms with van der Waals surface area (Å²) in [7, 11) is 0. The van der Waals surface area contributed by atoms with Gasteiger partial charge in [-0.2, -0.15) is 0 Å². The number of pyridine rings is 2. The van der Waals surface area contributed by atoms with Crippen molar-refractivity contribution in [2.24, 2.45) is 0 Å². The van der Waals surface area contributed by atoms with E-state index in [9.17, 15) is 5.11 Å². The molecule has 1 saturated heterocycles. The van der Waals surface area contributed by atoms with Gasteiger partial charge in [0, 0.05) is 35.2 Å². The summed E-state index contributed by atoms with van der Waals surface area (Å²) in [5.41, 5.74) is 6.68. The minimum absolute atomic E-state index is 0.191. The Bertz CT molecular complexity index is 1310. The smallest absolute Gasteiger partial charge is 0.192 e. The van der Waals surface area contributed by atoms with Crippen LogP contribution in [0.25, 0.3) is 33.4 Å².